The monoisotopic (exact) mass is 213 g/mol. The lowest BCUT2D eigenvalue weighted by Gasteiger charge is -2.32. The van der Waals surface area contributed by atoms with Gasteiger partial charge in [0.2, 0.25) is 5.91 Å². The van der Waals surface area contributed by atoms with Gasteiger partial charge in [-0.25, -0.2) is 0 Å². The lowest BCUT2D eigenvalue weighted by Crippen LogP contribution is -2.55. The molecule has 1 fully saturated rings. The quantitative estimate of drug-likeness (QED) is 0.688. The first kappa shape index (κ1) is 12.5. The third-order valence-electron chi connectivity index (χ3n) is 2.45. The second kappa shape index (κ2) is 4.94. The van der Waals surface area contributed by atoms with Crippen molar-refractivity contribution in [3.05, 3.63) is 0 Å². The third-order valence-corrected chi connectivity index (χ3v) is 2.45. The molecule has 1 rings (SSSR count). The number of hydrogen-bond donors (Lipinski definition) is 2. The van der Waals surface area contributed by atoms with E-state index in [1.807, 2.05) is 11.8 Å². The highest BCUT2D eigenvalue weighted by atomic mass is 16.2. The molecule has 1 heterocycles. The van der Waals surface area contributed by atoms with Crippen LogP contribution in [0, 0.1) is 0 Å². The van der Waals surface area contributed by atoms with Gasteiger partial charge in [-0.2, -0.15) is 0 Å². The normalized spacial score (nSPS) is 20.1. The fourth-order valence-corrected chi connectivity index (χ4v) is 1.87. The van der Waals surface area contributed by atoms with Crippen LogP contribution in [0.3, 0.4) is 0 Å². The highest BCUT2D eigenvalue weighted by Gasteiger charge is 2.24. The molecule has 1 aliphatic rings. The SMILES string of the molecule is CC(NC(C)(C)C)C(=O)N1CCNCC1. The van der Waals surface area contributed by atoms with Crippen LogP contribution in [0.15, 0.2) is 0 Å². The van der Waals surface area contributed by atoms with E-state index >= 15 is 0 Å². The van der Waals surface area contributed by atoms with Crippen LogP contribution in [-0.4, -0.2) is 48.6 Å². The lowest BCUT2D eigenvalue weighted by atomic mass is 10.1. The molecule has 15 heavy (non-hydrogen) atoms. The van der Waals surface area contributed by atoms with Crippen molar-refractivity contribution >= 4 is 5.91 Å². The Labute approximate surface area is 92.4 Å². The average Bonchev–Trinajstić information content (AvgIpc) is 2.15. The van der Waals surface area contributed by atoms with Gasteiger partial charge in [0.15, 0.2) is 0 Å². The summed E-state index contributed by atoms with van der Waals surface area (Å²) in [6.45, 7) is 11.7. The fraction of sp³-hybridized carbons (Fsp3) is 0.909. The van der Waals surface area contributed by atoms with Crippen molar-refractivity contribution < 1.29 is 4.79 Å². The Morgan fingerprint density at radius 2 is 1.87 bits per heavy atom. The summed E-state index contributed by atoms with van der Waals surface area (Å²) in [7, 11) is 0. The van der Waals surface area contributed by atoms with E-state index in [4.69, 9.17) is 0 Å². The Kier molecular flexibility index (Phi) is 4.11. The predicted molar refractivity (Wildman–Crippen MR) is 61.8 cm³/mol. The van der Waals surface area contributed by atoms with Crippen molar-refractivity contribution in [2.75, 3.05) is 26.2 Å². The fourth-order valence-electron chi connectivity index (χ4n) is 1.87. The van der Waals surface area contributed by atoms with Gasteiger partial charge in [0.1, 0.15) is 0 Å². The van der Waals surface area contributed by atoms with Crippen LogP contribution in [0.5, 0.6) is 0 Å². The topological polar surface area (TPSA) is 44.4 Å². The van der Waals surface area contributed by atoms with Crippen molar-refractivity contribution in [1.29, 1.82) is 0 Å². The van der Waals surface area contributed by atoms with Crippen LogP contribution in [0.4, 0.5) is 0 Å². The summed E-state index contributed by atoms with van der Waals surface area (Å²) in [6, 6.07) is -0.0944. The minimum absolute atomic E-state index is 0.0108. The molecule has 4 nitrogen and oxygen atoms in total. The van der Waals surface area contributed by atoms with Gasteiger partial charge >= 0.3 is 0 Å². The van der Waals surface area contributed by atoms with E-state index in [1.54, 1.807) is 0 Å². The number of hydrogen-bond acceptors (Lipinski definition) is 3. The van der Waals surface area contributed by atoms with E-state index in [0.29, 0.717) is 0 Å². The molecule has 1 aliphatic heterocycles. The van der Waals surface area contributed by atoms with Gasteiger partial charge in [-0.05, 0) is 27.7 Å². The third kappa shape index (κ3) is 4.18. The first-order chi connectivity index (χ1) is 6.90. The van der Waals surface area contributed by atoms with Crippen LogP contribution in [-0.2, 0) is 4.79 Å². The summed E-state index contributed by atoms with van der Waals surface area (Å²) >= 11 is 0. The Morgan fingerprint density at radius 3 is 2.33 bits per heavy atom. The second-order valence-corrected chi connectivity index (χ2v) is 5.19. The first-order valence-electron chi connectivity index (χ1n) is 5.67. The summed E-state index contributed by atoms with van der Waals surface area (Å²) in [5.74, 6) is 0.214. The van der Waals surface area contributed by atoms with E-state index < -0.39 is 0 Å². The van der Waals surface area contributed by atoms with Crippen LogP contribution in [0.1, 0.15) is 27.7 Å². The van der Waals surface area contributed by atoms with Crippen molar-refractivity contribution in [3.63, 3.8) is 0 Å². The Hall–Kier alpha value is -0.610. The molecule has 0 spiro atoms. The predicted octanol–water partition coefficient (Wildman–Crippen LogP) is 0.195. The molecule has 1 atom stereocenters. The average molecular weight is 213 g/mol. The van der Waals surface area contributed by atoms with Gasteiger partial charge < -0.3 is 15.5 Å². The summed E-state index contributed by atoms with van der Waals surface area (Å²) in [5, 5.41) is 6.55. The zero-order chi connectivity index (χ0) is 11.5. The maximum atomic E-state index is 12.0. The molecule has 2 N–H and O–H groups in total. The minimum atomic E-state index is -0.0944. The second-order valence-electron chi connectivity index (χ2n) is 5.19. The van der Waals surface area contributed by atoms with Gasteiger partial charge in [0.05, 0.1) is 6.04 Å². The number of carbonyl (C=O) groups excluding carboxylic acids is 1. The first-order valence-corrected chi connectivity index (χ1v) is 5.67. The van der Waals surface area contributed by atoms with E-state index in [2.05, 4.69) is 31.4 Å². The lowest BCUT2D eigenvalue weighted by molar-refractivity contribution is -0.134. The van der Waals surface area contributed by atoms with E-state index in [-0.39, 0.29) is 17.5 Å². The zero-order valence-electron chi connectivity index (χ0n) is 10.3. The van der Waals surface area contributed by atoms with Gasteiger partial charge in [0.25, 0.3) is 0 Å². The van der Waals surface area contributed by atoms with Crippen LogP contribution in [0.2, 0.25) is 0 Å². The molecule has 0 bridgehead atoms. The molecule has 4 heteroatoms. The van der Waals surface area contributed by atoms with Crippen LogP contribution < -0.4 is 10.6 Å². The smallest absolute Gasteiger partial charge is 0.239 e. The van der Waals surface area contributed by atoms with Crippen molar-refractivity contribution in [2.45, 2.75) is 39.3 Å². The van der Waals surface area contributed by atoms with Gasteiger partial charge in [-0.1, -0.05) is 0 Å². The minimum Gasteiger partial charge on any atom is -0.339 e. The highest BCUT2D eigenvalue weighted by molar-refractivity contribution is 5.81. The molecule has 0 radical (unpaired) electrons. The Balaban J connectivity index is 2.44. The van der Waals surface area contributed by atoms with Gasteiger partial charge in [-0.3, -0.25) is 4.79 Å². The maximum Gasteiger partial charge on any atom is 0.239 e. The molecule has 0 aromatic carbocycles. The number of nitrogens with zero attached hydrogens (tertiary/aromatic N) is 1. The summed E-state index contributed by atoms with van der Waals surface area (Å²) < 4.78 is 0. The zero-order valence-corrected chi connectivity index (χ0v) is 10.3. The van der Waals surface area contributed by atoms with Crippen LogP contribution in [0.25, 0.3) is 0 Å². The number of rotatable bonds is 2. The maximum absolute atomic E-state index is 12.0. The molecule has 0 saturated carbocycles. The number of amides is 1. The molecule has 1 unspecified atom stereocenters. The number of piperazine rings is 1. The molecule has 88 valence electrons. The summed E-state index contributed by atoms with van der Waals surface area (Å²) in [5.41, 5.74) is -0.0108. The molecule has 0 aliphatic carbocycles. The van der Waals surface area contributed by atoms with Crippen LogP contribution >= 0.6 is 0 Å². The van der Waals surface area contributed by atoms with Gasteiger partial charge in [-0.15, -0.1) is 0 Å². The molecule has 0 aromatic rings. The summed E-state index contributed by atoms with van der Waals surface area (Å²) in [6.07, 6.45) is 0. The highest BCUT2D eigenvalue weighted by Crippen LogP contribution is 2.04. The molecule has 0 aromatic heterocycles. The Bertz CT molecular complexity index is 216. The van der Waals surface area contributed by atoms with Crippen molar-refractivity contribution in [1.82, 2.24) is 15.5 Å². The molecule has 1 saturated heterocycles. The summed E-state index contributed by atoms with van der Waals surface area (Å²) in [4.78, 5) is 13.9. The van der Waals surface area contributed by atoms with E-state index in [9.17, 15) is 4.79 Å². The number of carbonyl (C=O) groups is 1. The Morgan fingerprint density at radius 1 is 1.33 bits per heavy atom. The standard InChI is InChI=1S/C11H23N3O/c1-9(13-11(2,3)4)10(15)14-7-5-12-6-8-14/h9,12-13H,5-8H2,1-4H3. The van der Waals surface area contributed by atoms with E-state index in [1.165, 1.54) is 0 Å². The molecule has 1 amide bonds. The van der Waals surface area contributed by atoms with Gasteiger partial charge in [0, 0.05) is 31.7 Å². The van der Waals surface area contributed by atoms with E-state index in [0.717, 1.165) is 26.2 Å². The molecular weight excluding hydrogens is 190 g/mol. The molecular formula is C11H23N3O. The van der Waals surface area contributed by atoms with Crippen molar-refractivity contribution in [3.8, 4) is 0 Å². The largest absolute Gasteiger partial charge is 0.339 e. The van der Waals surface area contributed by atoms with Crippen molar-refractivity contribution in [2.24, 2.45) is 0 Å². The number of nitrogens with one attached hydrogen (secondary N) is 2.